The van der Waals surface area contributed by atoms with Crippen LogP contribution in [0.15, 0.2) is 153 Å². The molecule has 0 amide bonds. The molecular formula is C52H46HfN2O2S4-2. The average Bonchev–Trinajstić information content (AvgIpc) is 4.04. The molecule has 0 saturated carbocycles. The number of hydrogen-bond acceptors (Lipinski definition) is 4. The Morgan fingerprint density at radius 1 is 0.475 bits per heavy atom. The van der Waals surface area contributed by atoms with Gasteiger partial charge >= 0.3 is 366 Å². The number of nitrogens with zero attached hydrogens (tertiary/aromatic N) is 2. The van der Waals surface area contributed by atoms with E-state index in [1.54, 1.807) is 22.7 Å². The van der Waals surface area contributed by atoms with Crippen LogP contribution in [0.5, 0.6) is 11.5 Å². The monoisotopic (exact) mass is 1040 g/mol. The van der Waals surface area contributed by atoms with E-state index < -0.39 is 18.9 Å². The van der Waals surface area contributed by atoms with Crippen LogP contribution in [-0.2, 0) is 18.9 Å². The van der Waals surface area contributed by atoms with Crippen LogP contribution in [-0.4, -0.2) is 30.9 Å². The molecule has 9 heteroatoms. The second-order valence-electron chi connectivity index (χ2n) is 15.4. The minimum atomic E-state index is -1.34. The van der Waals surface area contributed by atoms with E-state index in [-0.39, 0.29) is 29.2 Å². The van der Waals surface area contributed by atoms with Crippen LogP contribution in [0.2, 0.25) is 0 Å². The van der Waals surface area contributed by atoms with Gasteiger partial charge in [-0.15, -0.1) is 0 Å². The van der Waals surface area contributed by atoms with Gasteiger partial charge in [-0.05, 0) is 0 Å². The van der Waals surface area contributed by atoms with Crippen LogP contribution in [0.1, 0.15) is 24.0 Å². The zero-order chi connectivity index (χ0) is 39.8. The van der Waals surface area contributed by atoms with E-state index in [1.807, 2.05) is 0 Å². The van der Waals surface area contributed by atoms with E-state index >= 15 is 0 Å². The standard InChI is InChI=1S/C50H40N2O2S4.2CH3.Hf/c1-31-23-37(49(53)45(25-31)51-41-17-7-3-13-33(41)34-14-4-8-18-42(34)51)39-27-55-29-47(39)57-21-11-12-22-58-48-30-56-28-40(48)38-24-32(2)26-46(50(38)54)52-43-19-9-5-15-35(43)36-16-6-10-20-44(36)52;;;/h3-10,13-20,23-30,53-54H,11-12,21-22H2,1-2H3;2*1H3;/q;2*-1;. The Morgan fingerprint density at radius 2 is 0.820 bits per heavy atom. The van der Waals surface area contributed by atoms with Crippen molar-refractivity contribution < 1.29 is 29.1 Å². The number of aryl methyl sites for hydroxylation is 2. The number of phenolic OH excluding ortho intramolecular Hbond substituents is 2. The number of para-hydroxylation sites is 4. The van der Waals surface area contributed by atoms with Gasteiger partial charge in [-0.2, -0.15) is 0 Å². The minimum Gasteiger partial charge on any atom is -0.358 e. The number of benzene rings is 6. The van der Waals surface area contributed by atoms with Gasteiger partial charge in [0.2, 0.25) is 0 Å². The molecule has 2 unspecified atom stereocenters. The molecule has 1 aliphatic rings. The number of thiophene rings is 2. The third-order valence-corrected chi connectivity index (χ3v) is 40.3. The number of aromatic nitrogens is 2. The van der Waals surface area contributed by atoms with Crippen LogP contribution in [0.25, 0.3) is 77.2 Å². The molecule has 4 nitrogen and oxygen atoms in total. The maximum atomic E-state index is 12.4. The van der Waals surface area contributed by atoms with Crippen molar-refractivity contribution in [2.45, 2.75) is 36.5 Å². The van der Waals surface area contributed by atoms with Crippen molar-refractivity contribution in [3.8, 4) is 45.1 Å². The third kappa shape index (κ3) is 7.01. The molecule has 2 atom stereocenters. The molecule has 306 valence electrons. The van der Waals surface area contributed by atoms with Gasteiger partial charge in [0.1, 0.15) is 0 Å². The van der Waals surface area contributed by atoms with E-state index in [4.69, 9.17) is 0 Å². The smallest absolute Gasteiger partial charge is 0.358 e. The maximum absolute atomic E-state index is 12.4. The molecule has 10 aromatic rings. The molecule has 0 fully saturated rings. The molecule has 11 rings (SSSR count). The van der Waals surface area contributed by atoms with Gasteiger partial charge < -0.3 is 14.9 Å². The van der Waals surface area contributed by atoms with E-state index in [0.29, 0.717) is 11.5 Å². The SMILES string of the molecule is Cc1cc(-c2cscc2[S]2=[Hf]=[S](c3cscc3-c3cc(C)cc(-n4c5ccccc5c5ccccc54)c3O)CCCC2)c(O)c(-n2c3ccccc3c3ccccc32)c1.[CH3-].[CH3-]. The Balaban J connectivity index is 0.00000238. The van der Waals surface area contributed by atoms with Gasteiger partial charge in [0, 0.05) is 0 Å². The first-order valence-electron chi connectivity index (χ1n) is 19.9. The molecule has 0 radical (unpaired) electrons. The molecule has 0 spiro atoms. The third-order valence-electron chi connectivity index (χ3n) is 11.6. The zero-order valence-electron chi connectivity index (χ0n) is 34.6. The topological polar surface area (TPSA) is 50.3 Å². The van der Waals surface area contributed by atoms with Crippen LogP contribution >= 0.6 is 37.1 Å². The summed E-state index contributed by atoms with van der Waals surface area (Å²) in [6.45, 7) is 4.31. The summed E-state index contributed by atoms with van der Waals surface area (Å²) in [7, 11) is 0.358. The molecule has 1 aliphatic heterocycles. The summed E-state index contributed by atoms with van der Waals surface area (Å²) in [5, 5.41) is 38.9. The van der Waals surface area contributed by atoms with Crippen molar-refractivity contribution >= 4 is 80.7 Å². The predicted molar refractivity (Wildman–Crippen MR) is 265 cm³/mol. The molecule has 0 bridgehead atoms. The van der Waals surface area contributed by atoms with E-state index in [0.717, 1.165) is 55.7 Å². The van der Waals surface area contributed by atoms with Gasteiger partial charge in [-0.1, -0.05) is 0 Å². The second kappa shape index (κ2) is 17.0. The van der Waals surface area contributed by atoms with Crippen LogP contribution < -0.4 is 0 Å². The van der Waals surface area contributed by atoms with Crippen molar-refractivity contribution in [1.29, 1.82) is 0 Å². The van der Waals surface area contributed by atoms with E-state index in [1.165, 1.54) is 66.8 Å². The van der Waals surface area contributed by atoms with Crippen molar-refractivity contribution in [2.75, 3.05) is 11.5 Å². The first-order valence-corrected chi connectivity index (χ1v) is 33.4. The van der Waals surface area contributed by atoms with Gasteiger partial charge in [0.05, 0.1) is 0 Å². The Hall–Kier alpha value is -4.51. The van der Waals surface area contributed by atoms with Gasteiger partial charge in [0.15, 0.2) is 0 Å². The number of phenols is 2. The Kier molecular flexibility index (Phi) is 11.6. The number of fused-ring (bicyclic) bond motifs is 6. The number of hydrogen-bond donors (Lipinski definition) is 2. The van der Waals surface area contributed by atoms with Gasteiger partial charge in [0.25, 0.3) is 0 Å². The molecule has 0 aliphatic carbocycles. The summed E-state index contributed by atoms with van der Waals surface area (Å²) in [4.78, 5) is 2.91. The number of aromatic hydroxyl groups is 2. The minimum absolute atomic E-state index is 0. The molecule has 5 heterocycles. The maximum Gasteiger partial charge on any atom is -0.358 e. The van der Waals surface area contributed by atoms with Crippen molar-refractivity contribution in [1.82, 2.24) is 9.13 Å². The summed E-state index contributed by atoms with van der Waals surface area (Å²) in [6, 6.07) is 42.8. The molecule has 61 heavy (non-hydrogen) atoms. The second-order valence-corrected chi connectivity index (χ2v) is 36.8. The van der Waals surface area contributed by atoms with E-state index in [9.17, 15) is 10.2 Å². The fraction of sp³-hybridized carbons (Fsp3) is 0.115. The van der Waals surface area contributed by atoms with E-state index in [2.05, 4.69) is 166 Å². The normalized spacial score (nSPS) is 15.3. The summed E-state index contributed by atoms with van der Waals surface area (Å²) >= 11 is 2.21. The van der Waals surface area contributed by atoms with Gasteiger partial charge in [-0.25, -0.2) is 0 Å². The molecule has 2 N–H and O–H groups in total. The average molecular weight is 1040 g/mol. The quantitative estimate of drug-likeness (QED) is 0.129. The fourth-order valence-electron chi connectivity index (χ4n) is 8.99. The fourth-order valence-corrected chi connectivity index (χ4v) is 44.1. The predicted octanol–water partition coefficient (Wildman–Crippen LogP) is 15.9. The van der Waals surface area contributed by atoms with Gasteiger partial charge in [-0.3, -0.25) is 0 Å². The molecular weight excluding hydrogens is 991 g/mol. The summed E-state index contributed by atoms with van der Waals surface area (Å²) in [6.07, 6.45) is 2.46. The first kappa shape index (κ1) is 41.8. The zero-order valence-corrected chi connectivity index (χ0v) is 41.5. The summed E-state index contributed by atoms with van der Waals surface area (Å²) in [5.74, 6) is 3.16. The van der Waals surface area contributed by atoms with Crippen molar-refractivity contribution in [2.24, 2.45) is 0 Å². The van der Waals surface area contributed by atoms with Crippen molar-refractivity contribution in [3.63, 3.8) is 0 Å². The Bertz CT molecular complexity index is 3070. The Morgan fingerprint density at radius 3 is 1.18 bits per heavy atom. The number of rotatable bonds is 6. The largest absolute Gasteiger partial charge is 0.358 e. The molecule has 0 saturated heterocycles. The Labute approximate surface area is 377 Å². The molecule has 6 aromatic carbocycles. The van der Waals surface area contributed by atoms with Crippen LogP contribution in [0.4, 0.5) is 0 Å². The molecule has 4 aromatic heterocycles. The van der Waals surface area contributed by atoms with Crippen LogP contribution in [0, 0.1) is 28.7 Å². The van der Waals surface area contributed by atoms with Crippen molar-refractivity contribution in [3.05, 3.63) is 169 Å². The summed E-state index contributed by atoms with van der Waals surface area (Å²) < 4.78 is 4.50. The van der Waals surface area contributed by atoms with Crippen LogP contribution in [0.3, 0.4) is 0 Å². The summed E-state index contributed by atoms with van der Waals surface area (Å²) in [5.41, 5.74) is 12.6. The first-order chi connectivity index (χ1) is 28.9.